The van der Waals surface area contributed by atoms with Crippen molar-refractivity contribution >= 4 is 11.6 Å². The largest absolute Gasteiger partial charge is 0.321 e. The van der Waals surface area contributed by atoms with Crippen molar-refractivity contribution in [2.24, 2.45) is 0 Å². The second-order valence-corrected chi connectivity index (χ2v) is 6.29. The monoisotopic (exact) mass is 293 g/mol. The van der Waals surface area contributed by atoms with E-state index in [0.29, 0.717) is 6.54 Å². The number of likely N-dealkylation sites (tertiary alicyclic amines) is 1. The molecule has 1 aromatic rings. The van der Waals surface area contributed by atoms with Gasteiger partial charge >= 0.3 is 0 Å². The molecule has 0 aliphatic carbocycles. The van der Waals surface area contributed by atoms with E-state index < -0.39 is 0 Å². The van der Waals surface area contributed by atoms with Crippen molar-refractivity contribution in [1.29, 1.82) is 0 Å². The summed E-state index contributed by atoms with van der Waals surface area (Å²) in [5.74, 6) is -0.215. The van der Waals surface area contributed by atoms with Gasteiger partial charge in [-0.3, -0.25) is 4.79 Å². The van der Waals surface area contributed by atoms with Gasteiger partial charge in [-0.1, -0.05) is 0 Å². The number of carbonyl (C=O) groups excluding carboxylic acids is 1. The summed E-state index contributed by atoms with van der Waals surface area (Å²) >= 11 is 0. The molecular weight excluding hydrogens is 267 g/mol. The molecule has 3 nitrogen and oxygen atoms in total. The topological polar surface area (TPSA) is 29.1 Å². The zero-order chi connectivity index (χ0) is 15.5. The van der Waals surface area contributed by atoms with Gasteiger partial charge in [-0.25, -0.2) is 4.39 Å². The highest BCUT2D eigenvalue weighted by Gasteiger charge is 2.30. The molecule has 0 unspecified atom stereocenters. The number of likely N-dealkylation sites (N-methyl/N-ethyl adjacent to an activating group) is 1. The van der Waals surface area contributed by atoms with Crippen LogP contribution in [0, 0.1) is 19.7 Å². The van der Waals surface area contributed by atoms with Crippen LogP contribution in [0.5, 0.6) is 0 Å². The van der Waals surface area contributed by atoms with E-state index in [4.69, 9.17) is 0 Å². The van der Waals surface area contributed by atoms with Gasteiger partial charge in [-0.15, -0.1) is 0 Å². The molecule has 1 heterocycles. The highest BCUT2D eigenvalue weighted by Crippen LogP contribution is 2.23. The predicted molar refractivity (Wildman–Crippen MR) is 83.8 cm³/mol. The zero-order valence-electron chi connectivity index (χ0n) is 13.3. The molecule has 1 aliphatic heterocycles. The molecule has 4 heteroatoms. The number of nitrogens with one attached hydrogen (secondary N) is 1. The highest BCUT2D eigenvalue weighted by atomic mass is 19.1. The molecule has 1 saturated heterocycles. The van der Waals surface area contributed by atoms with E-state index in [0.717, 1.165) is 40.9 Å². The van der Waals surface area contributed by atoms with Crippen LogP contribution >= 0.6 is 0 Å². The van der Waals surface area contributed by atoms with E-state index in [9.17, 15) is 9.18 Å². The van der Waals surface area contributed by atoms with E-state index in [1.54, 1.807) is 0 Å². The smallest absolute Gasteiger partial charge is 0.279 e. The number of rotatable bonds is 4. The Hall–Kier alpha value is -1.42. The SMILES string of the molecule is CC[N+]1(CC(=O)Nc2c(C)cc(F)cc2C)CCCCC1. The van der Waals surface area contributed by atoms with Crippen molar-refractivity contribution in [3.63, 3.8) is 0 Å². The average Bonchev–Trinajstić information content (AvgIpc) is 2.44. The fourth-order valence-corrected chi connectivity index (χ4v) is 3.36. The lowest BCUT2D eigenvalue weighted by Gasteiger charge is -2.40. The normalized spacial score (nSPS) is 17.5. The number of carbonyl (C=O) groups is 1. The Bertz CT molecular complexity index is 499. The first kappa shape index (κ1) is 16.0. The molecule has 0 saturated carbocycles. The van der Waals surface area contributed by atoms with Crippen LogP contribution in [0.2, 0.25) is 0 Å². The standard InChI is InChI=1S/C17H25FN2O/c1-4-20(8-6-5-7-9-20)12-16(21)19-17-13(2)10-15(18)11-14(17)3/h10-11H,4-9,12H2,1-3H3/p+1. The third-order valence-electron chi connectivity index (χ3n) is 4.68. The first-order chi connectivity index (χ1) is 9.96. The Labute approximate surface area is 126 Å². The molecule has 1 N–H and O–H groups in total. The lowest BCUT2D eigenvalue weighted by molar-refractivity contribution is -0.923. The third-order valence-corrected chi connectivity index (χ3v) is 4.68. The molecule has 0 bridgehead atoms. The minimum atomic E-state index is -0.254. The van der Waals surface area contributed by atoms with Crippen LogP contribution in [0.3, 0.4) is 0 Å². The summed E-state index contributed by atoms with van der Waals surface area (Å²) in [7, 11) is 0. The number of anilines is 1. The Morgan fingerprint density at radius 2 is 1.76 bits per heavy atom. The van der Waals surface area contributed by atoms with Crippen LogP contribution in [0.4, 0.5) is 10.1 Å². The maximum absolute atomic E-state index is 13.3. The number of hydrogen-bond acceptors (Lipinski definition) is 1. The van der Waals surface area contributed by atoms with Crippen molar-refractivity contribution in [1.82, 2.24) is 0 Å². The number of nitrogens with zero attached hydrogens (tertiary/aromatic N) is 1. The number of amides is 1. The van der Waals surface area contributed by atoms with Crippen LogP contribution in [0.15, 0.2) is 12.1 Å². The van der Waals surface area contributed by atoms with Gasteiger partial charge in [0.25, 0.3) is 5.91 Å². The molecule has 1 aromatic carbocycles. The average molecular weight is 293 g/mol. The van der Waals surface area contributed by atoms with Crippen molar-refractivity contribution in [3.8, 4) is 0 Å². The minimum Gasteiger partial charge on any atom is -0.321 e. The molecule has 0 aromatic heterocycles. The van der Waals surface area contributed by atoms with Gasteiger partial charge < -0.3 is 9.80 Å². The Kier molecular flexibility index (Phi) is 4.99. The number of halogens is 1. The van der Waals surface area contributed by atoms with E-state index in [2.05, 4.69) is 12.2 Å². The van der Waals surface area contributed by atoms with Crippen LogP contribution in [0.25, 0.3) is 0 Å². The van der Waals surface area contributed by atoms with Crippen molar-refractivity contribution in [2.75, 3.05) is 31.5 Å². The van der Waals surface area contributed by atoms with E-state index in [1.807, 2.05) is 13.8 Å². The first-order valence-electron chi connectivity index (χ1n) is 7.87. The van der Waals surface area contributed by atoms with E-state index in [1.165, 1.54) is 31.4 Å². The van der Waals surface area contributed by atoms with Gasteiger partial charge in [0.15, 0.2) is 6.54 Å². The molecule has 2 rings (SSSR count). The Morgan fingerprint density at radius 1 is 1.19 bits per heavy atom. The molecular formula is C17H26FN2O+. The lowest BCUT2D eigenvalue weighted by atomic mass is 10.1. The quantitative estimate of drug-likeness (QED) is 0.847. The molecule has 1 fully saturated rings. The van der Waals surface area contributed by atoms with Crippen LogP contribution in [-0.2, 0) is 4.79 Å². The van der Waals surface area contributed by atoms with Gasteiger partial charge in [0.1, 0.15) is 5.82 Å². The van der Waals surface area contributed by atoms with Crippen LogP contribution in [-0.4, -0.2) is 36.6 Å². The second-order valence-electron chi connectivity index (χ2n) is 6.29. The maximum atomic E-state index is 13.3. The first-order valence-corrected chi connectivity index (χ1v) is 7.87. The second kappa shape index (κ2) is 6.56. The van der Waals surface area contributed by atoms with Gasteiger partial charge in [0, 0.05) is 5.69 Å². The van der Waals surface area contributed by atoms with Crippen molar-refractivity contribution in [3.05, 3.63) is 29.1 Å². The minimum absolute atomic E-state index is 0.0385. The molecule has 21 heavy (non-hydrogen) atoms. The van der Waals surface area contributed by atoms with Gasteiger partial charge in [0.05, 0.1) is 19.6 Å². The van der Waals surface area contributed by atoms with Crippen LogP contribution in [0.1, 0.15) is 37.3 Å². The molecule has 0 spiro atoms. The molecule has 1 amide bonds. The van der Waals surface area contributed by atoms with Gasteiger partial charge in [-0.05, 0) is 63.3 Å². The summed E-state index contributed by atoms with van der Waals surface area (Å²) < 4.78 is 14.2. The van der Waals surface area contributed by atoms with Crippen molar-refractivity contribution in [2.45, 2.75) is 40.0 Å². The fourth-order valence-electron chi connectivity index (χ4n) is 3.36. The molecule has 0 atom stereocenters. The molecule has 0 radical (unpaired) electrons. The lowest BCUT2D eigenvalue weighted by Crippen LogP contribution is -2.55. The summed E-state index contributed by atoms with van der Waals surface area (Å²) in [6, 6.07) is 2.93. The number of piperidine rings is 1. The summed E-state index contributed by atoms with van der Waals surface area (Å²) in [6.45, 7) is 9.51. The van der Waals surface area contributed by atoms with Crippen molar-refractivity contribution < 1.29 is 13.7 Å². The van der Waals surface area contributed by atoms with Crippen LogP contribution < -0.4 is 5.32 Å². The zero-order valence-corrected chi connectivity index (χ0v) is 13.3. The maximum Gasteiger partial charge on any atom is 0.279 e. The summed E-state index contributed by atoms with van der Waals surface area (Å²) in [4.78, 5) is 12.4. The number of benzene rings is 1. The van der Waals surface area contributed by atoms with Gasteiger partial charge in [-0.2, -0.15) is 0 Å². The molecule has 116 valence electrons. The van der Waals surface area contributed by atoms with Gasteiger partial charge in [0.2, 0.25) is 0 Å². The number of aryl methyl sites for hydroxylation is 2. The molecule has 1 aliphatic rings. The van der Waals surface area contributed by atoms with E-state index >= 15 is 0 Å². The van der Waals surface area contributed by atoms with E-state index in [-0.39, 0.29) is 11.7 Å². The Morgan fingerprint density at radius 3 is 2.29 bits per heavy atom. The summed E-state index contributed by atoms with van der Waals surface area (Å²) in [5, 5.41) is 2.99. The number of hydrogen-bond donors (Lipinski definition) is 1. The Balaban J connectivity index is 2.08. The highest BCUT2D eigenvalue weighted by molar-refractivity contribution is 5.93. The number of quaternary nitrogens is 1. The fraction of sp³-hybridized carbons (Fsp3) is 0.588. The summed E-state index contributed by atoms with van der Waals surface area (Å²) in [6.07, 6.45) is 3.68. The summed E-state index contributed by atoms with van der Waals surface area (Å²) in [5.41, 5.74) is 2.32. The predicted octanol–water partition coefficient (Wildman–Crippen LogP) is 3.40. The third kappa shape index (κ3) is 3.82.